The molecule has 98 valence electrons. The summed E-state index contributed by atoms with van der Waals surface area (Å²) >= 11 is 0. The third kappa shape index (κ3) is 2.07. The van der Waals surface area contributed by atoms with Crippen LogP contribution in [0, 0.1) is 0 Å². The van der Waals surface area contributed by atoms with E-state index in [1.165, 1.54) is 24.2 Å². The van der Waals surface area contributed by atoms with Crippen molar-refractivity contribution < 1.29 is 0 Å². The molecular weight excluding hydrogens is 222 g/mol. The van der Waals surface area contributed by atoms with Gasteiger partial charge in [0.1, 0.15) is 0 Å². The van der Waals surface area contributed by atoms with Crippen LogP contribution in [0.25, 0.3) is 0 Å². The Kier molecular flexibility index (Phi) is 3.16. The number of hydrogen-bond donors (Lipinski definition) is 1. The average Bonchev–Trinajstić information content (AvgIpc) is 2.39. The lowest BCUT2D eigenvalue weighted by atomic mass is 9.97. The van der Waals surface area contributed by atoms with Gasteiger partial charge in [0.2, 0.25) is 0 Å². The Hall–Kier alpha value is -1.22. The molecule has 2 heterocycles. The Morgan fingerprint density at radius 3 is 2.72 bits per heavy atom. The molecule has 1 N–H and O–H groups in total. The Balaban J connectivity index is 1.87. The highest BCUT2D eigenvalue weighted by Crippen LogP contribution is 2.34. The van der Waals surface area contributed by atoms with Crippen LogP contribution in [-0.2, 0) is 0 Å². The monoisotopic (exact) mass is 245 g/mol. The molecule has 2 aliphatic rings. The zero-order chi connectivity index (χ0) is 12.5. The maximum atomic E-state index is 3.55. The quantitative estimate of drug-likeness (QED) is 0.817. The first-order valence-electron chi connectivity index (χ1n) is 7.06. The average molecular weight is 245 g/mol. The first-order chi connectivity index (χ1) is 8.75. The van der Waals surface area contributed by atoms with Crippen LogP contribution in [0.2, 0.25) is 0 Å². The van der Waals surface area contributed by atoms with Crippen molar-refractivity contribution in [1.82, 2.24) is 5.32 Å². The van der Waals surface area contributed by atoms with Gasteiger partial charge in [0.05, 0.1) is 11.4 Å². The van der Waals surface area contributed by atoms with E-state index in [1.807, 2.05) is 0 Å². The molecule has 0 bridgehead atoms. The molecule has 3 heteroatoms. The SMILES string of the molecule is CC1CC(N2CCN(C)c3ccccc32)CCN1. The number of benzene rings is 1. The maximum Gasteiger partial charge on any atom is 0.0607 e. The van der Waals surface area contributed by atoms with E-state index in [0.717, 1.165) is 19.6 Å². The number of hydrogen-bond acceptors (Lipinski definition) is 3. The van der Waals surface area contributed by atoms with Gasteiger partial charge in [-0.2, -0.15) is 0 Å². The highest BCUT2D eigenvalue weighted by Gasteiger charge is 2.28. The van der Waals surface area contributed by atoms with Gasteiger partial charge in [-0.15, -0.1) is 0 Å². The molecule has 1 aromatic rings. The van der Waals surface area contributed by atoms with Gasteiger partial charge >= 0.3 is 0 Å². The van der Waals surface area contributed by atoms with Crippen LogP contribution < -0.4 is 15.1 Å². The predicted molar refractivity (Wildman–Crippen MR) is 77.5 cm³/mol. The van der Waals surface area contributed by atoms with Crippen LogP contribution in [-0.4, -0.2) is 38.8 Å². The molecule has 0 radical (unpaired) electrons. The molecule has 3 nitrogen and oxygen atoms in total. The number of fused-ring (bicyclic) bond motifs is 1. The van der Waals surface area contributed by atoms with E-state index < -0.39 is 0 Å². The van der Waals surface area contributed by atoms with Crippen molar-refractivity contribution in [2.75, 3.05) is 36.5 Å². The fraction of sp³-hybridized carbons (Fsp3) is 0.600. The lowest BCUT2D eigenvalue weighted by Gasteiger charge is -2.44. The Bertz CT molecular complexity index is 418. The van der Waals surface area contributed by atoms with Crippen molar-refractivity contribution in [2.45, 2.75) is 31.8 Å². The van der Waals surface area contributed by atoms with Gasteiger partial charge in [0.25, 0.3) is 0 Å². The van der Waals surface area contributed by atoms with Gasteiger partial charge in [-0.1, -0.05) is 12.1 Å². The number of piperidine rings is 1. The fourth-order valence-electron chi connectivity index (χ4n) is 3.30. The summed E-state index contributed by atoms with van der Waals surface area (Å²) in [5.41, 5.74) is 2.81. The summed E-state index contributed by atoms with van der Waals surface area (Å²) in [6, 6.07) is 10.2. The molecule has 3 rings (SSSR count). The third-order valence-electron chi connectivity index (χ3n) is 4.32. The standard InChI is InChI=1S/C15H23N3/c1-12-11-13(7-8-16-12)18-10-9-17(2)14-5-3-4-6-15(14)18/h3-6,12-13,16H,7-11H2,1-2H3. The van der Waals surface area contributed by atoms with Crippen LogP contribution >= 0.6 is 0 Å². The summed E-state index contributed by atoms with van der Waals surface area (Å²) in [6.07, 6.45) is 2.53. The first kappa shape index (κ1) is 11.8. The molecule has 0 aliphatic carbocycles. The van der Waals surface area contributed by atoms with E-state index in [4.69, 9.17) is 0 Å². The van der Waals surface area contributed by atoms with E-state index in [2.05, 4.69) is 53.4 Å². The topological polar surface area (TPSA) is 18.5 Å². The van der Waals surface area contributed by atoms with Gasteiger partial charge in [0, 0.05) is 32.2 Å². The van der Waals surface area contributed by atoms with Gasteiger partial charge in [-0.05, 0) is 38.4 Å². The molecule has 0 aromatic heterocycles. The lowest BCUT2D eigenvalue weighted by molar-refractivity contribution is 0.362. The zero-order valence-corrected chi connectivity index (χ0v) is 11.4. The molecule has 2 aliphatic heterocycles. The van der Waals surface area contributed by atoms with Crippen molar-refractivity contribution in [2.24, 2.45) is 0 Å². The summed E-state index contributed by atoms with van der Waals surface area (Å²) in [5, 5.41) is 3.55. The van der Waals surface area contributed by atoms with E-state index in [-0.39, 0.29) is 0 Å². The lowest BCUT2D eigenvalue weighted by Crippen LogP contribution is -2.51. The number of rotatable bonds is 1. The smallest absolute Gasteiger partial charge is 0.0607 e. The highest BCUT2D eigenvalue weighted by atomic mass is 15.3. The number of para-hydroxylation sites is 2. The van der Waals surface area contributed by atoms with E-state index in [1.54, 1.807) is 0 Å². The summed E-state index contributed by atoms with van der Waals surface area (Å²) in [7, 11) is 2.20. The minimum absolute atomic E-state index is 0.649. The fourth-order valence-corrected chi connectivity index (χ4v) is 3.30. The second kappa shape index (κ2) is 4.81. The maximum absolute atomic E-state index is 3.55. The molecule has 0 saturated carbocycles. The summed E-state index contributed by atoms with van der Waals surface area (Å²) in [4.78, 5) is 5.00. The second-order valence-electron chi connectivity index (χ2n) is 5.64. The summed E-state index contributed by atoms with van der Waals surface area (Å²) in [6.45, 7) is 5.74. The van der Waals surface area contributed by atoms with Crippen LogP contribution in [0.15, 0.2) is 24.3 Å². The Morgan fingerprint density at radius 1 is 1.17 bits per heavy atom. The van der Waals surface area contributed by atoms with Gasteiger partial charge < -0.3 is 15.1 Å². The summed E-state index contributed by atoms with van der Waals surface area (Å²) in [5.74, 6) is 0. The molecule has 18 heavy (non-hydrogen) atoms. The van der Waals surface area contributed by atoms with E-state index in [9.17, 15) is 0 Å². The zero-order valence-electron chi connectivity index (χ0n) is 11.4. The number of nitrogens with one attached hydrogen (secondary N) is 1. The minimum atomic E-state index is 0.649. The van der Waals surface area contributed by atoms with Crippen molar-refractivity contribution >= 4 is 11.4 Å². The molecule has 2 atom stereocenters. The molecule has 2 unspecified atom stereocenters. The van der Waals surface area contributed by atoms with E-state index in [0.29, 0.717) is 12.1 Å². The van der Waals surface area contributed by atoms with Gasteiger partial charge in [-0.25, -0.2) is 0 Å². The van der Waals surface area contributed by atoms with Crippen LogP contribution in [0.3, 0.4) is 0 Å². The largest absolute Gasteiger partial charge is 0.371 e. The normalized spacial score (nSPS) is 28.1. The molecule has 0 amide bonds. The highest BCUT2D eigenvalue weighted by molar-refractivity contribution is 5.73. The summed E-state index contributed by atoms with van der Waals surface area (Å²) < 4.78 is 0. The predicted octanol–water partition coefficient (Wildman–Crippen LogP) is 2.08. The Morgan fingerprint density at radius 2 is 1.94 bits per heavy atom. The van der Waals surface area contributed by atoms with Crippen molar-refractivity contribution in [3.05, 3.63) is 24.3 Å². The molecular formula is C15H23N3. The molecule has 0 spiro atoms. The molecule has 1 aromatic carbocycles. The molecule has 1 saturated heterocycles. The first-order valence-corrected chi connectivity index (χ1v) is 7.06. The molecule has 1 fully saturated rings. The number of anilines is 2. The van der Waals surface area contributed by atoms with Crippen LogP contribution in [0.1, 0.15) is 19.8 Å². The number of likely N-dealkylation sites (N-methyl/N-ethyl adjacent to an activating group) is 1. The van der Waals surface area contributed by atoms with Gasteiger partial charge in [0.15, 0.2) is 0 Å². The van der Waals surface area contributed by atoms with Crippen LogP contribution in [0.4, 0.5) is 11.4 Å². The number of nitrogens with zero attached hydrogens (tertiary/aromatic N) is 2. The van der Waals surface area contributed by atoms with Gasteiger partial charge in [-0.3, -0.25) is 0 Å². The van der Waals surface area contributed by atoms with Crippen molar-refractivity contribution in [3.8, 4) is 0 Å². The van der Waals surface area contributed by atoms with Crippen LogP contribution in [0.5, 0.6) is 0 Å². The third-order valence-corrected chi connectivity index (χ3v) is 4.32. The van der Waals surface area contributed by atoms with Crippen molar-refractivity contribution in [3.63, 3.8) is 0 Å². The Labute approximate surface area is 110 Å². The van der Waals surface area contributed by atoms with Crippen molar-refractivity contribution in [1.29, 1.82) is 0 Å². The second-order valence-corrected chi connectivity index (χ2v) is 5.64. The minimum Gasteiger partial charge on any atom is -0.371 e. The van der Waals surface area contributed by atoms with E-state index >= 15 is 0 Å².